The van der Waals surface area contributed by atoms with Crippen molar-refractivity contribution in [2.75, 3.05) is 39.2 Å². The summed E-state index contributed by atoms with van der Waals surface area (Å²) in [6.07, 6.45) is 1.87. The summed E-state index contributed by atoms with van der Waals surface area (Å²) in [5.41, 5.74) is 2.23. The van der Waals surface area contributed by atoms with Gasteiger partial charge in [0.05, 0.1) is 12.8 Å². The third-order valence-corrected chi connectivity index (χ3v) is 2.91. The summed E-state index contributed by atoms with van der Waals surface area (Å²) in [6.45, 7) is 3.35. The Hall–Kier alpha value is -1.40. The smallest absolute Gasteiger partial charge is 0.318 e. The lowest BCUT2D eigenvalue weighted by Crippen LogP contribution is -2.26. The van der Waals surface area contributed by atoms with Crippen LogP contribution in [0.15, 0.2) is 0 Å². The third kappa shape index (κ3) is 3.08. The maximum absolute atomic E-state index is 5.14. The lowest BCUT2D eigenvalue weighted by atomic mass is 10.1. The lowest BCUT2D eigenvalue weighted by Gasteiger charge is -2.20. The van der Waals surface area contributed by atoms with Gasteiger partial charge in [0, 0.05) is 45.3 Å². The molecule has 0 atom stereocenters. The van der Waals surface area contributed by atoms with Gasteiger partial charge in [-0.2, -0.15) is 9.97 Å². The molecule has 0 amide bonds. The van der Waals surface area contributed by atoms with Crippen molar-refractivity contribution in [1.29, 1.82) is 0 Å². The van der Waals surface area contributed by atoms with Crippen molar-refractivity contribution in [3.8, 4) is 6.01 Å². The van der Waals surface area contributed by atoms with Gasteiger partial charge in [0.1, 0.15) is 5.82 Å². The first-order chi connectivity index (χ1) is 8.85. The van der Waals surface area contributed by atoms with E-state index in [2.05, 4.69) is 20.6 Å². The minimum Gasteiger partial charge on any atom is -0.467 e. The summed E-state index contributed by atoms with van der Waals surface area (Å²) in [7, 11) is 3.30. The Balaban J connectivity index is 2.11. The average Bonchev–Trinajstić information content (AvgIpc) is 2.43. The van der Waals surface area contributed by atoms with E-state index >= 15 is 0 Å². The fourth-order valence-electron chi connectivity index (χ4n) is 1.98. The molecular formula is C12H20N4O2. The van der Waals surface area contributed by atoms with Crippen LogP contribution in [-0.2, 0) is 17.7 Å². The molecule has 6 heteroatoms. The van der Waals surface area contributed by atoms with Crippen molar-refractivity contribution in [3.05, 3.63) is 11.3 Å². The molecule has 1 aliphatic rings. The second kappa shape index (κ2) is 6.51. The van der Waals surface area contributed by atoms with Crippen LogP contribution in [0.5, 0.6) is 6.01 Å². The van der Waals surface area contributed by atoms with E-state index < -0.39 is 0 Å². The number of hydrogen-bond donors (Lipinski definition) is 2. The molecule has 1 aromatic rings. The zero-order valence-corrected chi connectivity index (χ0v) is 11.0. The summed E-state index contributed by atoms with van der Waals surface area (Å²) in [5.74, 6) is 0.875. The molecule has 100 valence electrons. The van der Waals surface area contributed by atoms with Gasteiger partial charge in [-0.15, -0.1) is 0 Å². The van der Waals surface area contributed by atoms with E-state index in [1.54, 1.807) is 14.2 Å². The van der Waals surface area contributed by atoms with Crippen LogP contribution in [0.25, 0.3) is 0 Å². The normalized spacial score (nSPS) is 14.1. The van der Waals surface area contributed by atoms with E-state index in [1.165, 1.54) is 0 Å². The van der Waals surface area contributed by atoms with Gasteiger partial charge in [0.15, 0.2) is 0 Å². The van der Waals surface area contributed by atoms with Crippen LogP contribution < -0.4 is 15.4 Å². The molecule has 6 nitrogen and oxygen atoms in total. The Morgan fingerprint density at radius 3 is 3.00 bits per heavy atom. The van der Waals surface area contributed by atoms with Crippen LogP contribution in [0.2, 0.25) is 0 Å². The van der Waals surface area contributed by atoms with Crippen molar-refractivity contribution in [1.82, 2.24) is 15.3 Å². The Morgan fingerprint density at radius 2 is 2.22 bits per heavy atom. The van der Waals surface area contributed by atoms with E-state index in [4.69, 9.17) is 9.47 Å². The van der Waals surface area contributed by atoms with Crippen LogP contribution in [0.4, 0.5) is 5.82 Å². The SMILES string of the molecule is COCCCNc1nc(OC)nc2c1CNCC2. The molecule has 1 aliphatic heterocycles. The van der Waals surface area contributed by atoms with Gasteiger partial charge in [-0.1, -0.05) is 0 Å². The number of nitrogens with zero attached hydrogens (tertiary/aromatic N) is 2. The minimum absolute atomic E-state index is 0.435. The number of methoxy groups -OCH3 is 2. The number of rotatable bonds is 6. The van der Waals surface area contributed by atoms with Crippen LogP contribution in [-0.4, -0.2) is 43.9 Å². The van der Waals surface area contributed by atoms with E-state index in [1.807, 2.05) is 0 Å². The largest absolute Gasteiger partial charge is 0.467 e. The van der Waals surface area contributed by atoms with E-state index in [9.17, 15) is 0 Å². The molecule has 0 aliphatic carbocycles. The molecule has 0 spiro atoms. The number of ether oxygens (including phenoxy) is 2. The van der Waals surface area contributed by atoms with Gasteiger partial charge < -0.3 is 20.1 Å². The highest BCUT2D eigenvalue weighted by atomic mass is 16.5. The molecule has 0 fully saturated rings. The van der Waals surface area contributed by atoms with Crippen LogP contribution in [0, 0.1) is 0 Å². The molecular weight excluding hydrogens is 232 g/mol. The molecule has 0 aromatic carbocycles. The summed E-state index contributed by atoms with van der Waals surface area (Å²) in [6, 6.07) is 0.435. The molecule has 18 heavy (non-hydrogen) atoms. The van der Waals surface area contributed by atoms with E-state index in [0.29, 0.717) is 6.01 Å². The standard InChI is InChI=1S/C12H20N4O2/c1-17-7-3-5-14-11-9-8-13-6-4-10(9)15-12(16-11)18-2/h13H,3-8H2,1-2H3,(H,14,15,16). The number of aromatic nitrogens is 2. The van der Waals surface area contributed by atoms with Gasteiger partial charge >= 0.3 is 6.01 Å². The third-order valence-electron chi connectivity index (χ3n) is 2.91. The van der Waals surface area contributed by atoms with Gasteiger partial charge in [-0.05, 0) is 6.42 Å². The molecule has 0 saturated carbocycles. The molecule has 0 radical (unpaired) electrons. The number of nitrogens with one attached hydrogen (secondary N) is 2. The quantitative estimate of drug-likeness (QED) is 0.722. The molecule has 1 aromatic heterocycles. The molecule has 2 N–H and O–H groups in total. The first-order valence-corrected chi connectivity index (χ1v) is 6.22. The Labute approximate surface area is 107 Å². The monoisotopic (exact) mass is 252 g/mol. The van der Waals surface area contributed by atoms with Crippen LogP contribution in [0.3, 0.4) is 0 Å². The fourth-order valence-corrected chi connectivity index (χ4v) is 1.98. The zero-order chi connectivity index (χ0) is 12.8. The summed E-state index contributed by atoms with van der Waals surface area (Å²) >= 11 is 0. The topological polar surface area (TPSA) is 68.3 Å². The predicted octanol–water partition coefficient (Wildman–Crippen LogP) is 0.579. The number of hydrogen-bond acceptors (Lipinski definition) is 6. The maximum atomic E-state index is 5.14. The minimum atomic E-state index is 0.435. The number of fused-ring (bicyclic) bond motifs is 1. The summed E-state index contributed by atoms with van der Waals surface area (Å²) in [5, 5.41) is 6.67. The van der Waals surface area contributed by atoms with E-state index in [0.717, 1.165) is 56.2 Å². The highest BCUT2D eigenvalue weighted by Gasteiger charge is 2.17. The highest BCUT2D eigenvalue weighted by Crippen LogP contribution is 2.22. The fraction of sp³-hybridized carbons (Fsp3) is 0.667. The Kier molecular flexibility index (Phi) is 4.72. The first-order valence-electron chi connectivity index (χ1n) is 6.22. The average molecular weight is 252 g/mol. The first kappa shape index (κ1) is 13.0. The van der Waals surface area contributed by atoms with E-state index in [-0.39, 0.29) is 0 Å². The molecule has 2 rings (SSSR count). The Bertz CT molecular complexity index is 398. The van der Waals surface area contributed by atoms with Crippen molar-refractivity contribution in [2.24, 2.45) is 0 Å². The van der Waals surface area contributed by atoms with Crippen molar-refractivity contribution < 1.29 is 9.47 Å². The van der Waals surface area contributed by atoms with Gasteiger partial charge in [0.2, 0.25) is 0 Å². The van der Waals surface area contributed by atoms with Crippen molar-refractivity contribution in [2.45, 2.75) is 19.4 Å². The lowest BCUT2D eigenvalue weighted by molar-refractivity contribution is 0.197. The highest BCUT2D eigenvalue weighted by molar-refractivity contribution is 5.48. The van der Waals surface area contributed by atoms with Crippen LogP contribution >= 0.6 is 0 Å². The molecule has 2 heterocycles. The second-order valence-electron chi connectivity index (χ2n) is 4.18. The van der Waals surface area contributed by atoms with Crippen LogP contribution in [0.1, 0.15) is 17.7 Å². The van der Waals surface area contributed by atoms with Gasteiger partial charge in [-0.3, -0.25) is 0 Å². The molecule has 0 unspecified atom stereocenters. The second-order valence-corrected chi connectivity index (χ2v) is 4.18. The number of anilines is 1. The predicted molar refractivity (Wildman–Crippen MR) is 69.0 cm³/mol. The maximum Gasteiger partial charge on any atom is 0.318 e. The van der Waals surface area contributed by atoms with Gasteiger partial charge in [0.25, 0.3) is 0 Å². The summed E-state index contributed by atoms with van der Waals surface area (Å²) in [4.78, 5) is 8.78. The van der Waals surface area contributed by atoms with Crippen molar-refractivity contribution >= 4 is 5.82 Å². The zero-order valence-electron chi connectivity index (χ0n) is 11.0. The van der Waals surface area contributed by atoms with Gasteiger partial charge in [-0.25, -0.2) is 0 Å². The molecule has 0 bridgehead atoms. The summed E-state index contributed by atoms with van der Waals surface area (Å²) < 4.78 is 10.2. The van der Waals surface area contributed by atoms with Crippen molar-refractivity contribution in [3.63, 3.8) is 0 Å². The Morgan fingerprint density at radius 1 is 1.33 bits per heavy atom. The molecule has 0 saturated heterocycles.